The summed E-state index contributed by atoms with van der Waals surface area (Å²) in [7, 11) is 0. The molecule has 9 heteroatoms. The maximum Gasteiger partial charge on any atom is 0.321 e. The van der Waals surface area contributed by atoms with Crippen LogP contribution in [0.15, 0.2) is 53.7 Å². The molecule has 0 fully saturated rings. The van der Waals surface area contributed by atoms with E-state index >= 15 is 0 Å². The molecule has 0 saturated heterocycles. The lowest BCUT2D eigenvalue weighted by atomic mass is 10.2. The van der Waals surface area contributed by atoms with Crippen molar-refractivity contribution in [3.63, 3.8) is 0 Å². The van der Waals surface area contributed by atoms with Crippen LogP contribution in [0.1, 0.15) is 19.4 Å². The van der Waals surface area contributed by atoms with Gasteiger partial charge in [-0.2, -0.15) is 0 Å². The highest BCUT2D eigenvalue weighted by molar-refractivity contribution is 8.00. The van der Waals surface area contributed by atoms with E-state index in [4.69, 9.17) is 11.6 Å². The summed E-state index contributed by atoms with van der Waals surface area (Å²) in [6.45, 7) is 5.94. The van der Waals surface area contributed by atoms with Crippen molar-refractivity contribution < 1.29 is 9.59 Å². The zero-order valence-corrected chi connectivity index (χ0v) is 18.4. The molecule has 3 aromatic rings. The van der Waals surface area contributed by atoms with Gasteiger partial charge in [0.25, 0.3) is 0 Å². The first-order chi connectivity index (χ1) is 14.4. The largest absolute Gasteiger partial charge is 0.338 e. The van der Waals surface area contributed by atoms with Crippen LogP contribution in [-0.4, -0.2) is 38.5 Å². The van der Waals surface area contributed by atoms with E-state index < -0.39 is 17.2 Å². The Kier molecular flexibility index (Phi) is 7.12. The molecule has 2 aromatic carbocycles. The predicted molar refractivity (Wildman–Crippen MR) is 119 cm³/mol. The standard InChI is InChI=1S/C21H22ClN5O2S/c1-4-23-20(29)24-19(28)14(3)30-21-26-25-18(15-8-10-16(22)11-9-15)27(21)17-7-5-6-13(2)12-17/h5-12,14H,4H2,1-3H3,(H2,23,24,28,29)/t14-/m1/s1. The summed E-state index contributed by atoms with van der Waals surface area (Å²) in [4.78, 5) is 24.0. The summed E-state index contributed by atoms with van der Waals surface area (Å²) in [6.07, 6.45) is 0. The second kappa shape index (κ2) is 9.77. The fraction of sp³-hybridized carbons (Fsp3) is 0.238. The summed E-state index contributed by atoms with van der Waals surface area (Å²) in [5.41, 5.74) is 2.81. The second-order valence-corrected chi connectivity index (χ2v) is 8.34. The zero-order valence-electron chi connectivity index (χ0n) is 16.8. The average Bonchev–Trinajstić information content (AvgIpc) is 3.12. The molecule has 0 spiro atoms. The number of urea groups is 1. The molecule has 0 aliphatic rings. The van der Waals surface area contributed by atoms with Crippen LogP contribution in [0.4, 0.5) is 4.79 Å². The van der Waals surface area contributed by atoms with Crippen LogP contribution >= 0.6 is 23.4 Å². The number of hydrogen-bond donors (Lipinski definition) is 2. The Balaban J connectivity index is 1.95. The molecule has 1 atom stereocenters. The van der Waals surface area contributed by atoms with E-state index in [9.17, 15) is 9.59 Å². The molecule has 0 aliphatic carbocycles. The topological polar surface area (TPSA) is 88.9 Å². The summed E-state index contributed by atoms with van der Waals surface area (Å²) in [5, 5.41) is 14.2. The molecule has 0 aliphatic heterocycles. The minimum Gasteiger partial charge on any atom is -0.338 e. The van der Waals surface area contributed by atoms with Gasteiger partial charge in [-0.1, -0.05) is 35.5 Å². The van der Waals surface area contributed by atoms with Gasteiger partial charge in [0.1, 0.15) is 0 Å². The molecular formula is C21H22ClN5O2S. The maximum atomic E-state index is 12.4. The van der Waals surface area contributed by atoms with Crippen LogP contribution in [0.25, 0.3) is 17.1 Å². The van der Waals surface area contributed by atoms with E-state index in [-0.39, 0.29) is 0 Å². The van der Waals surface area contributed by atoms with Crippen molar-refractivity contribution in [3.8, 4) is 17.1 Å². The molecule has 1 heterocycles. The first-order valence-corrected chi connectivity index (χ1v) is 10.7. The Morgan fingerprint density at radius 1 is 1.17 bits per heavy atom. The third-order valence-electron chi connectivity index (χ3n) is 4.22. The number of thioether (sulfide) groups is 1. The van der Waals surface area contributed by atoms with Crippen molar-refractivity contribution in [1.29, 1.82) is 0 Å². The van der Waals surface area contributed by atoms with E-state index in [1.165, 1.54) is 11.8 Å². The summed E-state index contributed by atoms with van der Waals surface area (Å²) >= 11 is 7.25. The summed E-state index contributed by atoms with van der Waals surface area (Å²) < 4.78 is 1.90. The first-order valence-electron chi connectivity index (χ1n) is 9.42. The SMILES string of the molecule is CCNC(=O)NC(=O)[C@@H](C)Sc1nnc(-c2ccc(Cl)cc2)n1-c1cccc(C)c1. The van der Waals surface area contributed by atoms with Gasteiger partial charge in [-0.25, -0.2) is 4.79 Å². The highest BCUT2D eigenvalue weighted by Crippen LogP contribution is 2.31. The Labute approximate surface area is 184 Å². The highest BCUT2D eigenvalue weighted by atomic mass is 35.5. The summed E-state index contributed by atoms with van der Waals surface area (Å²) in [6, 6.07) is 14.8. The Morgan fingerprint density at radius 3 is 2.57 bits per heavy atom. The van der Waals surface area contributed by atoms with Crippen LogP contribution in [-0.2, 0) is 4.79 Å². The first kappa shape index (κ1) is 21.9. The van der Waals surface area contributed by atoms with Gasteiger partial charge < -0.3 is 5.32 Å². The minimum atomic E-state index is -0.557. The molecule has 0 unspecified atom stereocenters. The van der Waals surface area contributed by atoms with Crippen molar-refractivity contribution in [2.24, 2.45) is 0 Å². The van der Waals surface area contributed by atoms with Crippen LogP contribution < -0.4 is 10.6 Å². The maximum absolute atomic E-state index is 12.4. The van der Waals surface area contributed by atoms with Crippen LogP contribution in [0.5, 0.6) is 0 Å². The number of nitrogens with zero attached hydrogens (tertiary/aromatic N) is 3. The molecule has 0 bridgehead atoms. The summed E-state index contributed by atoms with van der Waals surface area (Å²) in [5.74, 6) is 0.230. The third-order valence-corrected chi connectivity index (χ3v) is 5.52. The van der Waals surface area contributed by atoms with Gasteiger partial charge in [0.15, 0.2) is 11.0 Å². The molecule has 2 N–H and O–H groups in total. The molecule has 0 radical (unpaired) electrons. The zero-order chi connectivity index (χ0) is 21.7. The normalized spacial score (nSPS) is 11.7. The predicted octanol–water partition coefficient (Wildman–Crippen LogP) is 4.22. The van der Waals surface area contributed by atoms with Crippen molar-refractivity contribution in [3.05, 3.63) is 59.1 Å². The van der Waals surface area contributed by atoms with Crippen LogP contribution in [0.3, 0.4) is 0 Å². The van der Waals surface area contributed by atoms with Crippen molar-refractivity contribution in [2.45, 2.75) is 31.2 Å². The third kappa shape index (κ3) is 5.20. The molecule has 1 aromatic heterocycles. The number of hydrogen-bond acceptors (Lipinski definition) is 5. The average molecular weight is 444 g/mol. The number of halogens is 1. The number of aromatic nitrogens is 3. The van der Waals surface area contributed by atoms with Gasteiger partial charge in [0, 0.05) is 22.8 Å². The highest BCUT2D eigenvalue weighted by Gasteiger charge is 2.23. The molecule has 7 nitrogen and oxygen atoms in total. The van der Waals surface area contributed by atoms with Gasteiger partial charge in [-0.3, -0.25) is 14.7 Å². The lowest BCUT2D eigenvalue weighted by Gasteiger charge is -2.14. The van der Waals surface area contributed by atoms with Gasteiger partial charge in [0.05, 0.1) is 5.25 Å². The van der Waals surface area contributed by atoms with Gasteiger partial charge in [-0.05, 0) is 62.7 Å². The second-order valence-electron chi connectivity index (χ2n) is 6.60. The molecule has 3 rings (SSSR count). The monoisotopic (exact) mass is 443 g/mol. The van der Waals surface area contributed by atoms with E-state index in [2.05, 4.69) is 20.8 Å². The number of amides is 3. The van der Waals surface area contributed by atoms with Crippen molar-refractivity contribution >= 4 is 35.3 Å². The molecular weight excluding hydrogens is 422 g/mol. The lowest BCUT2D eigenvalue weighted by Crippen LogP contribution is -2.42. The number of carbonyl (C=O) groups excluding carboxylic acids is 2. The van der Waals surface area contributed by atoms with E-state index in [1.807, 2.05) is 47.9 Å². The molecule has 3 amide bonds. The fourth-order valence-corrected chi connectivity index (χ4v) is 3.76. The lowest BCUT2D eigenvalue weighted by molar-refractivity contribution is -0.119. The van der Waals surface area contributed by atoms with E-state index in [1.54, 1.807) is 26.0 Å². The van der Waals surface area contributed by atoms with E-state index in [0.717, 1.165) is 16.8 Å². The number of carbonyl (C=O) groups is 2. The van der Waals surface area contributed by atoms with Crippen LogP contribution in [0.2, 0.25) is 5.02 Å². The molecule has 0 saturated carbocycles. The van der Waals surface area contributed by atoms with Gasteiger partial charge in [0.2, 0.25) is 5.91 Å². The van der Waals surface area contributed by atoms with E-state index in [0.29, 0.717) is 22.5 Å². The minimum absolute atomic E-state index is 0.405. The number of benzene rings is 2. The molecule has 30 heavy (non-hydrogen) atoms. The van der Waals surface area contributed by atoms with Crippen molar-refractivity contribution in [1.82, 2.24) is 25.4 Å². The quantitative estimate of drug-likeness (QED) is 0.557. The number of aryl methyl sites for hydroxylation is 1. The molecule has 156 valence electrons. The Morgan fingerprint density at radius 2 is 1.90 bits per heavy atom. The van der Waals surface area contributed by atoms with Crippen LogP contribution in [0, 0.1) is 6.92 Å². The smallest absolute Gasteiger partial charge is 0.321 e. The van der Waals surface area contributed by atoms with Crippen molar-refractivity contribution in [2.75, 3.05) is 6.54 Å². The van der Waals surface area contributed by atoms with Gasteiger partial charge in [-0.15, -0.1) is 10.2 Å². The van der Waals surface area contributed by atoms with Gasteiger partial charge >= 0.3 is 6.03 Å². The Hall–Kier alpha value is -2.84. The fourth-order valence-electron chi connectivity index (χ4n) is 2.76. The number of nitrogens with one attached hydrogen (secondary N) is 2. The Bertz CT molecular complexity index is 1050. The number of imide groups is 1. The number of rotatable bonds is 6.